The Labute approximate surface area is 160 Å². The summed E-state index contributed by atoms with van der Waals surface area (Å²) in [5.41, 5.74) is 3.02. The van der Waals surface area contributed by atoms with Gasteiger partial charge in [0.05, 0.1) is 0 Å². The molecule has 1 aromatic heterocycles. The number of carbonyl (C=O) groups excluding carboxylic acids is 1. The molecule has 0 fully saturated rings. The van der Waals surface area contributed by atoms with Crippen molar-refractivity contribution in [2.75, 3.05) is 0 Å². The summed E-state index contributed by atoms with van der Waals surface area (Å²) in [6.45, 7) is 6.64. The number of furan rings is 1. The van der Waals surface area contributed by atoms with Gasteiger partial charge in [0.15, 0.2) is 5.78 Å². The molecule has 138 valence electrons. The number of hydrogen-bond donors (Lipinski definition) is 0. The second-order valence-corrected chi connectivity index (χ2v) is 6.88. The van der Waals surface area contributed by atoms with E-state index in [0.717, 1.165) is 11.3 Å². The van der Waals surface area contributed by atoms with Gasteiger partial charge in [-0.05, 0) is 60.9 Å². The highest BCUT2D eigenvalue weighted by molar-refractivity contribution is 6.06. The Balaban J connectivity index is 1.57. The number of carbonyl (C=O) groups is 1. The van der Waals surface area contributed by atoms with E-state index >= 15 is 0 Å². The van der Waals surface area contributed by atoms with Crippen LogP contribution in [0.5, 0.6) is 5.75 Å². The van der Waals surface area contributed by atoms with Crippen LogP contribution in [0.2, 0.25) is 0 Å². The molecule has 0 bridgehead atoms. The minimum atomic E-state index is -0.0434. The summed E-state index contributed by atoms with van der Waals surface area (Å²) in [6.07, 6.45) is 3.22. The molecule has 3 heteroatoms. The lowest BCUT2D eigenvalue weighted by Gasteiger charge is -2.07. The fraction of sp³-hybridized carbons (Fsp3) is 0.208. The van der Waals surface area contributed by atoms with E-state index in [-0.39, 0.29) is 5.78 Å². The van der Waals surface area contributed by atoms with Gasteiger partial charge >= 0.3 is 0 Å². The van der Waals surface area contributed by atoms with E-state index < -0.39 is 0 Å². The van der Waals surface area contributed by atoms with Crippen LogP contribution < -0.4 is 4.74 Å². The lowest BCUT2D eigenvalue weighted by molar-refractivity contribution is 0.104. The molecule has 0 spiro atoms. The SMILES string of the molecule is Cc1cccc(C(=O)/C=C/c2ccc(COc3ccc(C(C)C)cc3)o2)c1. The van der Waals surface area contributed by atoms with Gasteiger partial charge in [-0.25, -0.2) is 0 Å². The molecule has 0 amide bonds. The molecule has 2 aromatic carbocycles. The second kappa shape index (κ2) is 8.54. The first-order valence-electron chi connectivity index (χ1n) is 9.12. The summed E-state index contributed by atoms with van der Waals surface area (Å²) in [4.78, 5) is 12.2. The number of hydrogen-bond acceptors (Lipinski definition) is 3. The van der Waals surface area contributed by atoms with Gasteiger partial charge in [-0.3, -0.25) is 4.79 Å². The Bertz CT molecular complexity index is 930. The smallest absolute Gasteiger partial charge is 0.185 e. The van der Waals surface area contributed by atoms with Crippen molar-refractivity contribution in [2.24, 2.45) is 0 Å². The van der Waals surface area contributed by atoms with Gasteiger partial charge in [0.2, 0.25) is 0 Å². The van der Waals surface area contributed by atoms with E-state index in [1.54, 1.807) is 6.08 Å². The number of rotatable bonds is 7. The molecule has 0 atom stereocenters. The molecule has 0 aliphatic heterocycles. The summed E-state index contributed by atoms with van der Waals surface area (Å²) in [6, 6.07) is 19.3. The zero-order valence-electron chi connectivity index (χ0n) is 15.9. The van der Waals surface area contributed by atoms with Gasteiger partial charge in [-0.15, -0.1) is 0 Å². The molecule has 3 rings (SSSR count). The van der Waals surface area contributed by atoms with E-state index in [4.69, 9.17) is 9.15 Å². The molecule has 1 heterocycles. The zero-order chi connectivity index (χ0) is 19.2. The van der Waals surface area contributed by atoms with Crippen LogP contribution in [0.1, 0.15) is 52.8 Å². The standard InChI is InChI=1S/C24H24O3/c1-17(2)19-7-9-21(10-8-19)26-16-23-12-11-22(27-23)13-14-24(25)20-6-4-5-18(3)15-20/h4-15,17H,16H2,1-3H3/b14-13+. The third kappa shape index (κ3) is 5.20. The van der Waals surface area contributed by atoms with Crippen LogP contribution in [0.15, 0.2) is 71.2 Å². The van der Waals surface area contributed by atoms with Crippen LogP contribution in [-0.4, -0.2) is 5.78 Å². The van der Waals surface area contributed by atoms with Crippen molar-refractivity contribution in [2.45, 2.75) is 33.3 Å². The van der Waals surface area contributed by atoms with Gasteiger partial charge < -0.3 is 9.15 Å². The molecular formula is C24H24O3. The van der Waals surface area contributed by atoms with Crippen molar-refractivity contribution in [1.82, 2.24) is 0 Å². The lowest BCUT2D eigenvalue weighted by Crippen LogP contribution is -1.94. The predicted molar refractivity (Wildman–Crippen MR) is 108 cm³/mol. The summed E-state index contributed by atoms with van der Waals surface area (Å²) in [7, 11) is 0. The molecular weight excluding hydrogens is 336 g/mol. The van der Waals surface area contributed by atoms with Crippen LogP contribution in [-0.2, 0) is 6.61 Å². The highest BCUT2D eigenvalue weighted by Gasteiger charge is 2.05. The first kappa shape index (κ1) is 18.7. The number of benzene rings is 2. The van der Waals surface area contributed by atoms with Crippen molar-refractivity contribution in [3.8, 4) is 5.75 Å². The van der Waals surface area contributed by atoms with Crippen molar-refractivity contribution in [3.05, 3.63) is 95.0 Å². The van der Waals surface area contributed by atoms with E-state index in [1.807, 2.05) is 55.5 Å². The number of ether oxygens (including phenoxy) is 1. The summed E-state index contributed by atoms with van der Waals surface area (Å²) >= 11 is 0. The molecule has 0 aliphatic carbocycles. The summed E-state index contributed by atoms with van der Waals surface area (Å²) < 4.78 is 11.5. The first-order valence-corrected chi connectivity index (χ1v) is 9.12. The van der Waals surface area contributed by atoms with E-state index in [2.05, 4.69) is 26.0 Å². The summed E-state index contributed by atoms with van der Waals surface area (Å²) in [5.74, 6) is 2.61. The molecule has 0 saturated carbocycles. The highest BCUT2D eigenvalue weighted by Crippen LogP contribution is 2.20. The van der Waals surface area contributed by atoms with Gasteiger partial charge in [-0.1, -0.05) is 49.7 Å². The van der Waals surface area contributed by atoms with Crippen molar-refractivity contribution < 1.29 is 13.9 Å². The Morgan fingerprint density at radius 2 is 1.85 bits per heavy atom. The minimum Gasteiger partial charge on any atom is -0.486 e. The van der Waals surface area contributed by atoms with Crippen LogP contribution >= 0.6 is 0 Å². The largest absolute Gasteiger partial charge is 0.486 e. The normalized spacial score (nSPS) is 11.3. The van der Waals surface area contributed by atoms with Crippen LogP contribution in [0, 0.1) is 6.92 Å². The molecule has 0 radical (unpaired) electrons. The maximum Gasteiger partial charge on any atom is 0.185 e. The maximum atomic E-state index is 12.2. The molecule has 0 N–H and O–H groups in total. The number of allylic oxidation sites excluding steroid dienone is 1. The Kier molecular flexibility index (Phi) is 5.92. The maximum absolute atomic E-state index is 12.2. The van der Waals surface area contributed by atoms with Crippen molar-refractivity contribution in [3.63, 3.8) is 0 Å². The number of ketones is 1. The fourth-order valence-electron chi connectivity index (χ4n) is 2.72. The first-order chi connectivity index (χ1) is 13.0. The topological polar surface area (TPSA) is 39.4 Å². The van der Waals surface area contributed by atoms with Gasteiger partial charge in [-0.2, -0.15) is 0 Å². The van der Waals surface area contributed by atoms with E-state index in [9.17, 15) is 4.79 Å². The van der Waals surface area contributed by atoms with E-state index in [0.29, 0.717) is 29.6 Å². The Hall–Kier alpha value is -3.07. The molecule has 0 saturated heterocycles. The van der Waals surface area contributed by atoms with Gasteiger partial charge in [0.25, 0.3) is 0 Å². The molecule has 3 aromatic rings. The Morgan fingerprint density at radius 3 is 2.56 bits per heavy atom. The van der Waals surface area contributed by atoms with Crippen molar-refractivity contribution >= 4 is 11.9 Å². The predicted octanol–water partition coefficient (Wildman–Crippen LogP) is 6.19. The van der Waals surface area contributed by atoms with Crippen LogP contribution in [0.3, 0.4) is 0 Å². The molecule has 27 heavy (non-hydrogen) atoms. The second-order valence-electron chi connectivity index (χ2n) is 6.88. The molecule has 0 aliphatic rings. The van der Waals surface area contributed by atoms with Gasteiger partial charge in [0, 0.05) is 5.56 Å². The van der Waals surface area contributed by atoms with Gasteiger partial charge in [0.1, 0.15) is 23.9 Å². The Morgan fingerprint density at radius 1 is 1.07 bits per heavy atom. The third-order valence-electron chi connectivity index (χ3n) is 4.31. The van der Waals surface area contributed by atoms with Crippen molar-refractivity contribution in [1.29, 1.82) is 0 Å². The molecule has 3 nitrogen and oxygen atoms in total. The average molecular weight is 360 g/mol. The zero-order valence-corrected chi connectivity index (χ0v) is 15.9. The van der Waals surface area contributed by atoms with Crippen LogP contribution in [0.25, 0.3) is 6.08 Å². The third-order valence-corrected chi connectivity index (χ3v) is 4.31. The molecule has 0 unspecified atom stereocenters. The lowest BCUT2D eigenvalue weighted by atomic mass is 10.0. The minimum absolute atomic E-state index is 0.0434. The average Bonchev–Trinajstić information content (AvgIpc) is 3.12. The van der Waals surface area contributed by atoms with Crippen LogP contribution in [0.4, 0.5) is 0 Å². The van der Waals surface area contributed by atoms with E-state index in [1.165, 1.54) is 11.6 Å². The highest BCUT2D eigenvalue weighted by atomic mass is 16.5. The monoisotopic (exact) mass is 360 g/mol. The summed E-state index contributed by atoms with van der Waals surface area (Å²) in [5, 5.41) is 0. The fourth-order valence-corrected chi connectivity index (χ4v) is 2.72. The quantitative estimate of drug-likeness (QED) is 0.373. The number of aryl methyl sites for hydroxylation is 1.